The molecule has 1 aromatic carbocycles. The molecule has 8 nitrogen and oxygen atoms in total. The van der Waals surface area contributed by atoms with Gasteiger partial charge in [-0.1, -0.05) is 16.8 Å². The van der Waals surface area contributed by atoms with Crippen molar-refractivity contribution in [3.63, 3.8) is 0 Å². The molecule has 1 aliphatic rings. The molecule has 5 rings (SSSR count). The molecule has 0 N–H and O–H groups in total. The summed E-state index contributed by atoms with van der Waals surface area (Å²) in [5.74, 6) is -0.154. The average molecular weight is 509 g/mol. The van der Waals surface area contributed by atoms with Crippen LogP contribution in [0.5, 0.6) is 0 Å². The molecule has 34 heavy (non-hydrogen) atoms. The zero-order valence-corrected chi connectivity index (χ0v) is 19.2. The molecular weight excluding hydrogens is 493 g/mol. The molecule has 0 fully saturated rings. The highest BCUT2D eigenvalue weighted by molar-refractivity contribution is 7.59. The maximum Gasteiger partial charge on any atom is 0.417 e. The SMILES string of the molecule is C[C@H]1CN(c2ccc(C(F)(F)F)c(Cl)c2)C(=O)c2c(-c3cc(-c4cnccn4)no3)cnn21.S. The molecule has 0 bridgehead atoms. The Labute approximate surface area is 202 Å². The smallest absolute Gasteiger partial charge is 0.355 e. The van der Waals surface area contributed by atoms with Crippen molar-refractivity contribution >= 4 is 36.7 Å². The van der Waals surface area contributed by atoms with Gasteiger partial charge in [-0.2, -0.15) is 31.8 Å². The van der Waals surface area contributed by atoms with Crippen LogP contribution in [-0.4, -0.2) is 37.4 Å². The minimum Gasteiger partial charge on any atom is -0.355 e. The number of hydrogen-bond acceptors (Lipinski definition) is 6. The summed E-state index contributed by atoms with van der Waals surface area (Å²) >= 11 is 5.87. The fraction of sp³-hybridized carbons (Fsp3) is 0.190. The molecule has 176 valence electrons. The third-order valence-corrected chi connectivity index (χ3v) is 5.59. The van der Waals surface area contributed by atoms with E-state index in [4.69, 9.17) is 16.1 Å². The van der Waals surface area contributed by atoms with Gasteiger partial charge in [-0.15, -0.1) is 0 Å². The van der Waals surface area contributed by atoms with Crippen molar-refractivity contribution in [2.45, 2.75) is 19.1 Å². The van der Waals surface area contributed by atoms with Gasteiger partial charge in [-0.3, -0.25) is 19.4 Å². The largest absolute Gasteiger partial charge is 0.417 e. The number of carbonyl (C=O) groups is 1. The van der Waals surface area contributed by atoms with Crippen molar-refractivity contribution in [2.24, 2.45) is 0 Å². The Morgan fingerprint density at radius 3 is 2.62 bits per heavy atom. The Morgan fingerprint density at radius 2 is 1.94 bits per heavy atom. The molecule has 1 amide bonds. The molecule has 4 aromatic rings. The molecule has 1 aliphatic heterocycles. The van der Waals surface area contributed by atoms with Gasteiger partial charge in [0.2, 0.25) is 0 Å². The van der Waals surface area contributed by atoms with E-state index in [1.54, 1.807) is 10.7 Å². The zero-order valence-electron chi connectivity index (χ0n) is 17.4. The summed E-state index contributed by atoms with van der Waals surface area (Å²) in [5.41, 5.74) is 0.842. The van der Waals surface area contributed by atoms with E-state index in [0.717, 1.165) is 12.1 Å². The molecule has 13 heteroatoms. The van der Waals surface area contributed by atoms with Crippen LogP contribution < -0.4 is 4.90 Å². The molecule has 0 spiro atoms. The van der Waals surface area contributed by atoms with Crippen LogP contribution in [0.2, 0.25) is 5.02 Å². The first-order valence-electron chi connectivity index (χ1n) is 9.73. The average Bonchev–Trinajstić information content (AvgIpc) is 3.43. The van der Waals surface area contributed by atoms with E-state index >= 15 is 0 Å². The summed E-state index contributed by atoms with van der Waals surface area (Å²) in [6, 6.07) is 4.60. The summed E-state index contributed by atoms with van der Waals surface area (Å²) in [7, 11) is 0. The monoisotopic (exact) mass is 508 g/mol. The van der Waals surface area contributed by atoms with Gasteiger partial charge in [-0.25, -0.2) is 0 Å². The van der Waals surface area contributed by atoms with Gasteiger partial charge >= 0.3 is 6.18 Å². The van der Waals surface area contributed by atoms with Crippen LogP contribution in [0.3, 0.4) is 0 Å². The summed E-state index contributed by atoms with van der Waals surface area (Å²) in [6.07, 6.45) is 1.48. The second-order valence-corrected chi connectivity index (χ2v) is 7.85. The predicted molar refractivity (Wildman–Crippen MR) is 122 cm³/mol. The van der Waals surface area contributed by atoms with Crippen LogP contribution in [0.15, 0.2) is 53.6 Å². The van der Waals surface area contributed by atoms with E-state index in [2.05, 4.69) is 20.2 Å². The third kappa shape index (κ3) is 4.03. The molecule has 4 heterocycles. The van der Waals surface area contributed by atoms with Crippen molar-refractivity contribution in [3.8, 4) is 22.7 Å². The van der Waals surface area contributed by atoms with Crippen LogP contribution in [-0.2, 0) is 6.18 Å². The molecule has 0 saturated heterocycles. The number of anilines is 1. The minimum absolute atomic E-state index is 0. The van der Waals surface area contributed by atoms with Gasteiger partial charge in [0.05, 0.1) is 34.6 Å². The van der Waals surface area contributed by atoms with Crippen molar-refractivity contribution in [1.29, 1.82) is 0 Å². The Balaban J connectivity index is 0.00000274. The van der Waals surface area contributed by atoms with E-state index in [1.807, 2.05) is 6.92 Å². The van der Waals surface area contributed by atoms with Gasteiger partial charge in [0.15, 0.2) is 5.76 Å². The minimum atomic E-state index is -4.59. The van der Waals surface area contributed by atoms with Crippen molar-refractivity contribution in [3.05, 3.63) is 65.3 Å². The number of halogens is 4. The molecule has 0 unspecified atom stereocenters. The number of fused-ring (bicyclic) bond motifs is 1. The Bertz CT molecular complexity index is 1360. The van der Waals surface area contributed by atoms with Crippen LogP contribution >= 0.6 is 25.1 Å². The Hall–Kier alpha value is -3.38. The third-order valence-electron chi connectivity index (χ3n) is 5.28. The fourth-order valence-corrected chi connectivity index (χ4v) is 4.00. The molecule has 3 aromatic heterocycles. The van der Waals surface area contributed by atoms with Crippen LogP contribution in [0, 0.1) is 0 Å². The fourth-order valence-electron chi connectivity index (χ4n) is 3.72. The van der Waals surface area contributed by atoms with Crippen LogP contribution in [0.1, 0.15) is 29.0 Å². The van der Waals surface area contributed by atoms with Gasteiger partial charge < -0.3 is 9.42 Å². The van der Waals surface area contributed by atoms with E-state index in [0.29, 0.717) is 22.7 Å². The van der Waals surface area contributed by atoms with Gasteiger partial charge in [0, 0.05) is 30.7 Å². The first kappa shape index (κ1) is 23.8. The highest BCUT2D eigenvalue weighted by Crippen LogP contribution is 2.39. The second kappa shape index (κ2) is 8.76. The Morgan fingerprint density at radius 1 is 1.15 bits per heavy atom. The number of carbonyl (C=O) groups excluding carboxylic acids is 1. The number of amides is 1. The lowest BCUT2D eigenvalue weighted by atomic mass is 10.1. The van der Waals surface area contributed by atoms with E-state index < -0.39 is 22.7 Å². The van der Waals surface area contributed by atoms with Gasteiger partial charge in [0.25, 0.3) is 5.91 Å². The lowest BCUT2D eigenvalue weighted by Crippen LogP contribution is -2.42. The normalized spacial score (nSPS) is 15.7. The maximum absolute atomic E-state index is 13.4. The Kier molecular flexibility index (Phi) is 6.13. The lowest BCUT2D eigenvalue weighted by Gasteiger charge is -2.32. The maximum atomic E-state index is 13.4. The summed E-state index contributed by atoms with van der Waals surface area (Å²) in [5, 5.41) is 7.83. The number of hydrogen-bond donors (Lipinski definition) is 0. The van der Waals surface area contributed by atoms with Crippen molar-refractivity contribution in [2.75, 3.05) is 11.4 Å². The first-order chi connectivity index (χ1) is 15.7. The lowest BCUT2D eigenvalue weighted by molar-refractivity contribution is -0.137. The van der Waals surface area contributed by atoms with Gasteiger partial charge in [0.1, 0.15) is 17.1 Å². The number of rotatable bonds is 3. The van der Waals surface area contributed by atoms with Crippen molar-refractivity contribution < 1.29 is 22.5 Å². The first-order valence-corrected chi connectivity index (χ1v) is 10.1. The quantitative estimate of drug-likeness (QED) is 0.387. The van der Waals surface area contributed by atoms with E-state index in [1.165, 1.54) is 35.8 Å². The standard InChI is InChI=1S/C21H14ClF3N6O2.H2S/c1-11-10-30(12-2-3-14(15(22)6-12)21(23,24)25)20(32)19-13(8-28-31(11)19)18-7-16(29-33-18)17-9-26-4-5-27-17;/h2-9,11H,10H2,1H3;1H2/t11-;/m0./s1. The molecule has 0 aliphatic carbocycles. The highest BCUT2D eigenvalue weighted by Gasteiger charge is 2.37. The number of alkyl halides is 3. The summed E-state index contributed by atoms with van der Waals surface area (Å²) in [6.45, 7) is 2.05. The number of benzene rings is 1. The molecule has 0 radical (unpaired) electrons. The molecular formula is C21H16ClF3N6O2S. The number of nitrogens with zero attached hydrogens (tertiary/aromatic N) is 6. The summed E-state index contributed by atoms with van der Waals surface area (Å²) in [4.78, 5) is 22.9. The second-order valence-electron chi connectivity index (χ2n) is 7.45. The molecule has 0 saturated carbocycles. The zero-order chi connectivity index (χ0) is 23.3. The van der Waals surface area contributed by atoms with E-state index in [9.17, 15) is 18.0 Å². The summed E-state index contributed by atoms with van der Waals surface area (Å²) < 4.78 is 46.2. The van der Waals surface area contributed by atoms with E-state index in [-0.39, 0.29) is 37.5 Å². The highest BCUT2D eigenvalue weighted by atomic mass is 35.5. The van der Waals surface area contributed by atoms with Gasteiger partial charge in [-0.05, 0) is 25.1 Å². The molecule has 1 atom stereocenters. The topological polar surface area (TPSA) is 89.9 Å². The van der Waals surface area contributed by atoms with Crippen molar-refractivity contribution in [1.82, 2.24) is 24.9 Å². The predicted octanol–water partition coefficient (Wildman–Crippen LogP) is 5.00. The number of aromatic nitrogens is 5. The van der Waals surface area contributed by atoms with Crippen LogP contribution in [0.4, 0.5) is 18.9 Å². The van der Waals surface area contributed by atoms with Crippen LogP contribution in [0.25, 0.3) is 22.7 Å².